The molecule has 1 amide bonds. The van der Waals surface area contributed by atoms with Gasteiger partial charge in [-0.25, -0.2) is 0 Å². The van der Waals surface area contributed by atoms with E-state index in [1.54, 1.807) is 7.05 Å². The number of guanidine groups is 1. The van der Waals surface area contributed by atoms with E-state index in [4.69, 9.17) is 0 Å². The van der Waals surface area contributed by atoms with Gasteiger partial charge in [0.05, 0.1) is 0 Å². The first kappa shape index (κ1) is 23.7. The second-order valence-corrected chi connectivity index (χ2v) is 7.12. The summed E-state index contributed by atoms with van der Waals surface area (Å²) in [6.45, 7) is 13.4. The van der Waals surface area contributed by atoms with E-state index in [2.05, 4.69) is 48.6 Å². The highest BCUT2D eigenvalue weighted by atomic mass is 127. The summed E-state index contributed by atoms with van der Waals surface area (Å²) in [4.78, 5) is 15.7. The predicted octanol–water partition coefficient (Wildman–Crippen LogP) is 2.90. The van der Waals surface area contributed by atoms with Gasteiger partial charge in [-0.05, 0) is 39.0 Å². The lowest BCUT2D eigenvalue weighted by Crippen LogP contribution is -2.43. The number of hydrogen-bond donors (Lipinski definition) is 3. The zero-order valence-corrected chi connectivity index (χ0v) is 17.6. The molecule has 0 aliphatic heterocycles. The largest absolute Gasteiger partial charge is 0.356 e. The monoisotopic (exact) mass is 426 g/mol. The molecule has 0 aliphatic carbocycles. The van der Waals surface area contributed by atoms with Gasteiger partial charge in [-0.3, -0.25) is 9.79 Å². The van der Waals surface area contributed by atoms with Crippen LogP contribution in [-0.2, 0) is 4.79 Å². The van der Waals surface area contributed by atoms with Crippen molar-refractivity contribution in [1.29, 1.82) is 0 Å². The molecule has 0 aliphatic rings. The van der Waals surface area contributed by atoms with Crippen molar-refractivity contribution in [2.24, 2.45) is 10.4 Å². The standard InChI is InChI=1S/C16H34N4O.HI/c1-12(2)19-14(21)9-11-18-15(17-7)20-13(3)8-10-16(4,5)6;/h12-13H,8-11H2,1-7H3,(H,19,21)(H2,17,18,20);1H. The third-order valence-corrected chi connectivity index (χ3v) is 3.03. The zero-order valence-electron chi connectivity index (χ0n) is 15.2. The smallest absolute Gasteiger partial charge is 0.221 e. The first-order chi connectivity index (χ1) is 9.64. The average molecular weight is 426 g/mol. The quantitative estimate of drug-likeness (QED) is 0.333. The number of halogens is 1. The normalized spacial score (nSPS) is 13.4. The molecule has 0 saturated heterocycles. The third kappa shape index (κ3) is 14.4. The van der Waals surface area contributed by atoms with Gasteiger partial charge in [0, 0.05) is 32.1 Å². The lowest BCUT2D eigenvalue weighted by atomic mass is 9.89. The van der Waals surface area contributed by atoms with Crippen molar-refractivity contribution in [3.05, 3.63) is 0 Å². The summed E-state index contributed by atoms with van der Waals surface area (Å²) in [6, 6.07) is 0.548. The van der Waals surface area contributed by atoms with Crippen molar-refractivity contribution < 1.29 is 4.79 Å². The minimum absolute atomic E-state index is 0. The molecular formula is C16H35IN4O. The fourth-order valence-corrected chi connectivity index (χ4v) is 1.84. The Morgan fingerprint density at radius 2 is 1.73 bits per heavy atom. The van der Waals surface area contributed by atoms with Gasteiger partial charge in [0.15, 0.2) is 5.96 Å². The predicted molar refractivity (Wildman–Crippen MR) is 106 cm³/mol. The van der Waals surface area contributed by atoms with Crippen LogP contribution in [0.3, 0.4) is 0 Å². The molecule has 132 valence electrons. The summed E-state index contributed by atoms with van der Waals surface area (Å²) in [5.74, 6) is 0.822. The molecule has 0 fully saturated rings. The lowest BCUT2D eigenvalue weighted by Gasteiger charge is -2.23. The molecule has 0 radical (unpaired) electrons. The van der Waals surface area contributed by atoms with Crippen molar-refractivity contribution in [2.75, 3.05) is 13.6 Å². The van der Waals surface area contributed by atoms with E-state index in [0.29, 0.717) is 24.4 Å². The fraction of sp³-hybridized carbons (Fsp3) is 0.875. The number of carbonyl (C=O) groups excluding carboxylic acids is 1. The van der Waals surface area contributed by atoms with Crippen LogP contribution in [0.25, 0.3) is 0 Å². The number of amides is 1. The summed E-state index contributed by atoms with van der Waals surface area (Å²) >= 11 is 0. The third-order valence-electron chi connectivity index (χ3n) is 3.03. The van der Waals surface area contributed by atoms with E-state index < -0.39 is 0 Å². The first-order valence-electron chi connectivity index (χ1n) is 7.90. The molecule has 1 atom stereocenters. The molecule has 0 bridgehead atoms. The van der Waals surface area contributed by atoms with Crippen molar-refractivity contribution in [3.8, 4) is 0 Å². The first-order valence-corrected chi connectivity index (χ1v) is 7.90. The van der Waals surface area contributed by atoms with Crippen molar-refractivity contribution in [3.63, 3.8) is 0 Å². The summed E-state index contributed by atoms with van der Waals surface area (Å²) in [7, 11) is 1.75. The molecule has 0 heterocycles. The van der Waals surface area contributed by atoms with E-state index in [-0.39, 0.29) is 35.9 Å². The van der Waals surface area contributed by atoms with Gasteiger partial charge in [-0.15, -0.1) is 24.0 Å². The molecule has 0 aromatic rings. The fourth-order valence-electron chi connectivity index (χ4n) is 1.84. The second kappa shape index (κ2) is 12.0. The Labute approximate surface area is 153 Å². The summed E-state index contributed by atoms with van der Waals surface area (Å²) in [6.07, 6.45) is 2.71. The molecule has 1 unspecified atom stereocenters. The Hall–Kier alpha value is -0.530. The van der Waals surface area contributed by atoms with E-state index in [9.17, 15) is 4.79 Å². The van der Waals surface area contributed by atoms with Crippen molar-refractivity contribution >= 4 is 35.8 Å². The highest BCUT2D eigenvalue weighted by Crippen LogP contribution is 2.21. The van der Waals surface area contributed by atoms with E-state index >= 15 is 0 Å². The molecule has 0 aromatic carbocycles. The van der Waals surface area contributed by atoms with E-state index in [1.165, 1.54) is 0 Å². The number of carbonyl (C=O) groups is 1. The molecule has 0 rings (SSSR count). The van der Waals surface area contributed by atoms with Crippen LogP contribution in [0.15, 0.2) is 4.99 Å². The van der Waals surface area contributed by atoms with Crippen LogP contribution in [0.1, 0.15) is 60.8 Å². The maximum absolute atomic E-state index is 11.5. The molecule has 0 aromatic heterocycles. The minimum Gasteiger partial charge on any atom is -0.356 e. The maximum atomic E-state index is 11.5. The summed E-state index contributed by atoms with van der Waals surface area (Å²) in [5.41, 5.74) is 0.349. The van der Waals surface area contributed by atoms with Gasteiger partial charge in [-0.1, -0.05) is 20.8 Å². The zero-order chi connectivity index (χ0) is 16.5. The molecule has 5 nitrogen and oxygen atoms in total. The Balaban J connectivity index is 0. The Kier molecular flexibility index (Phi) is 12.9. The Morgan fingerprint density at radius 1 is 1.14 bits per heavy atom. The van der Waals surface area contributed by atoms with Crippen LogP contribution < -0.4 is 16.0 Å². The number of hydrogen-bond acceptors (Lipinski definition) is 2. The Morgan fingerprint density at radius 3 is 2.18 bits per heavy atom. The van der Waals surface area contributed by atoms with Crippen LogP contribution in [-0.4, -0.2) is 37.5 Å². The SMILES string of the molecule is CN=C(NCCC(=O)NC(C)C)NC(C)CCC(C)(C)C.I. The van der Waals surface area contributed by atoms with Crippen LogP contribution in [0.5, 0.6) is 0 Å². The van der Waals surface area contributed by atoms with Gasteiger partial charge >= 0.3 is 0 Å². The van der Waals surface area contributed by atoms with Crippen LogP contribution in [0, 0.1) is 5.41 Å². The molecule has 0 saturated carbocycles. The Bertz CT molecular complexity index is 338. The number of nitrogens with zero attached hydrogens (tertiary/aromatic N) is 1. The van der Waals surface area contributed by atoms with E-state index in [0.717, 1.165) is 18.8 Å². The van der Waals surface area contributed by atoms with E-state index in [1.807, 2.05) is 13.8 Å². The second-order valence-electron chi connectivity index (χ2n) is 7.12. The van der Waals surface area contributed by atoms with Gasteiger partial charge in [-0.2, -0.15) is 0 Å². The van der Waals surface area contributed by atoms with Crippen LogP contribution in [0.4, 0.5) is 0 Å². The summed E-state index contributed by atoms with van der Waals surface area (Å²) in [5, 5.41) is 9.41. The number of nitrogens with one attached hydrogen (secondary N) is 3. The van der Waals surface area contributed by atoms with Crippen LogP contribution >= 0.6 is 24.0 Å². The van der Waals surface area contributed by atoms with Gasteiger partial charge in [0.2, 0.25) is 5.91 Å². The lowest BCUT2D eigenvalue weighted by molar-refractivity contribution is -0.121. The molecule has 3 N–H and O–H groups in total. The molecular weight excluding hydrogens is 391 g/mol. The minimum atomic E-state index is 0. The van der Waals surface area contributed by atoms with Gasteiger partial charge in [0.1, 0.15) is 0 Å². The topological polar surface area (TPSA) is 65.5 Å². The number of rotatable bonds is 7. The average Bonchev–Trinajstić information content (AvgIpc) is 2.33. The molecule has 0 spiro atoms. The molecule has 6 heteroatoms. The van der Waals surface area contributed by atoms with Crippen molar-refractivity contribution in [1.82, 2.24) is 16.0 Å². The van der Waals surface area contributed by atoms with Crippen molar-refractivity contribution in [2.45, 2.75) is 72.9 Å². The highest BCUT2D eigenvalue weighted by Gasteiger charge is 2.13. The van der Waals surface area contributed by atoms with Crippen LogP contribution in [0.2, 0.25) is 0 Å². The van der Waals surface area contributed by atoms with Gasteiger partial charge < -0.3 is 16.0 Å². The maximum Gasteiger partial charge on any atom is 0.221 e. The summed E-state index contributed by atoms with van der Waals surface area (Å²) < 4.78 is 0. The number of aliphatic imine (C=N–C) groups is 1. The highest BCUT2D eigenvalue weighted by molar-refractivity contribution is 14.0. The molecule has 22 heavy (non-hydrogen) atoms. The van der Waals surface area contributed by atoms with Gasteiger partial charge in [0.25, 0.3) is 0 Å².